The zero-order valence-corrected chi connectivity index (χ0v) is 22.8. The molecule has 10 unspecified atom stereocenters. The maximum atomic E-state index is 12.3. The van der Waals surface area contributed by atoms with Crippen molar-refractivity contribution < 1.29 is 34.0 Å². The van der Waals surface area contributed by atoms with E-state index in [4.69, 9.17) is 18.9 Å². The molecule has 2 aliphatic heterocycles. The number of aliphatic hydroxyl groups is 2. The number of hydrogen-bond donors (Lipinski definition) is 2. The first kappa shape index (κ1) is 26.0. The van der Waals surface area contributed by atoms with E-state index in [1.807, 2.05) is 6.92 Å². The Hall–Kier alpha value is -1.25. The minimum Gasteiger partial charge on any atom is -0.458 e. The zero-order valence-electron chi connectivity index (χ0n) is 22.8. The van der Waals surface area contributed by atoms with Crippen LogP contribution < -0.4 is 0 Å². The van der Waals surface area contributed by atoms with Gasteiger partial charge in [0, 0.05) is 25.0 Å². The van der Waals surface area contributed by atoms with Gasteiger partial charge in [-0.05, 0) is 93.1 Å². The molecule has 3 fully saturated rings. The van der Waals surface area contributed by atoms with Crippen molar-refractivity contribution in [2.24, 2.45) is 22.7 Å². The van der Waals surface area contributed by atoms with Crippen LogP contribution in [-0.2, 0) is 23.7 Å². The standard InChI is InChI=1S/C30H44O7/c1-17-27(32)24(34-4)15-26(36-17)37-20-7-10-28(2)19(14-20)5-6-23-22(28)8-11-29(3)21(9-12-30(23,29)33)18-13-25(31)35-16-18/h13,17,19-21,24,26-27,32-33H,5-12,14-16H2,1-4H3. The van der Waals surface area contributed by atoms with Crippen LogP contribution in [0.1, 0.15) is 85.0 Å². The second-order valence-corrected chi connectivity index (χ2v) is 13.1. The average Bonchev–Trinajstić information content (AvgIpc) is 3.41. The molecule has 1 saturated heterocycles. The van der Waals surface area contributed by atoms with Crippen LogP contribution in [0.5, 0.6) is 0 Å². The van der Waals surface area contributed by atoms with Crippen molar-refractivity contribution in [2.75, 3.05) is 13.7 Å². The lowest BCUT2D eigenvalue weighted by atomic mass is 9.49. The highest BCUT2D eigenvalue weighted by Crippen LogP contribution is 2.67. The molecule has 0 aromatic rings. The molecule has 37 heavy (non-hydrogen) atoms. The van der Waals surface area contributed by atoms with E-state index in [9.17, 15) is 15.0 Å². The number of cyclic esters (lactones) is 1. The van der Waals surface area contributed by atoms with E-state index in [1.54, 1.807) is 13.2 Å². The summed E-state index contributed by atoms with van der Waals surface area (Å²) in [7, 11) is 1.63. The maximum absolute atomic E-state index is 12.3. The summed E-state index contributed by atoms with van der Waals surface area (Å²) in [6, 6.07) is 0. The molecule has 6 rings (SSSR count). The molecule has 0 amide bonds. The number of methoxy groups -OCH3 is 1. The van der Waals surface area contributed by atoms with E-state index < -0.39 is 11.7 Å². The molecular formula is C30H44O7. The van der Waals surface area contributed by atoms with Crippen molar-refractivity contribution in [1.29, 1.82) is 0 Å². The van der Waals surface area contributed by atoms with Crippen LogP contribution in [0.3, 0.4) is 0 Å². The van der Waals surface area contributed by atoms with Crippen molar-refractivity contribution >= 4 is 5.97 Å². The Kier molecular flexibility index (Phi) is 6.43. The topological polar surface area (TPSA) is 94.5 Å². The highest BCUT2D eigenvalue weighted by molar-refractivity contribution is 5.85. The van der Waals surface area contributed by atoms with E-state index in [-0.39, 0.29) is 47.3 Å². The average molecular weight is 517 g/mol. The Balaban J connectivity index is 1.19. The van der Waals surface area contributed by atoms with Crippen LogP contribution in [0.15, 0.2) is 22.8 Å². The number of carbonyl (C=O) groups excluding carboxylic acids is 1. The van der Waals surface area contributed by atoms with Crippen molar-refractivity contribution in [3.8, 4) is 0 Å². The van der Waals surface area contributed by atoms with Crippen LogP contribution in [0.4, 0.5) is 0 Å². The Morgan fingerprint density at radius 1 is 1.05 bits per heavy atom. The SMILES string of the molecule is COC1CC(OC2CCC3(C)C4=C(CCC3C2)C2(O)CCC(C3=CC(=O)OC3)C2(C)CC4)OC(C)C1O. The fourth-order valence-corrected chi connectivity index (χ4v) is 9.26. The summed E-state index contributed by atoms with van der Waals surface area (Å²) in [6.45, 7) is 6.95. The molecule has 0 bridgehead atoms. The second kappa shape index (κ2) is 9.16. The number of fused-ring (bicyclic) bond motifs is 4. The van der Waals surface area contributed by atoms with Gasteiger partial charge in [0.2, 0.25) is 0 Å². The molecule has 7 heteroatoms. The van der Waals surface area contributed by atoms with Gasteiger partial charge in [-0.25, -0.2) is 4.79 Å². The predicted molar refractivity (Wildman–Crippen MR) is 136 cm³/mol. The van der Waals surface area contributed by atoms with Gasteiger partial charge in [0.15, 0.2) is 6.29 Å². The smallest absolute Gasteiger partial charge is 0.331 e. The molecule has 0 aromatic carbocycles. The van der Waals surface area contributed by atoms with Crippen molar-refractivity contribution in [2.45, 2.75) is 121 Å². The molecule has 2 saturated carbocycles. The first-order valence-corrected chi connectivity index (χ1v) is 14.4. The Morgan fingerprint density at radius 3 is 2.59 bits per heavy atom. The fourth-order valence-electron chi connectivity index (χ4n) is 9.26. The third-order valence-corrected chi connectivity index (χ3v) is 11.6. The summed E-state index contributed by atoms with van der Waals surface area (Å²) >= 11 is 0. The Bertz CT molecular complexity index is 1000. The van der Waals surface area contributed by atoms with Gasteiger partial charge in [-0.2, -0.15) is 0 Å². The van der Waals surface area contributed by atoms with Gasteiger partial charge in [-0.3, -0.25) is 0 Å². The normalized spacial score (nSPS) is 49.7. The maximum Gasteiger partial charge on any atom is 0.331 e. The van der Waals surface area contributed by atoms with Gasteiger partial charge in [0.1, 0.15) is 12.7 Å². The first-order chi connectivity index (χ1) is 17.6. The third-order valence-electron chi connectivity index (χ3n) is 11.6. The Labute approximate surface area is 220 Å². The van der Waals surface area contributed by atoms with E-state index in [0.29, 0.717) is 18.9 Å². The van der Waals surface area contributed by atoms with Crippen molar-refractivity contribution in [1.82, 2.24) is 0 Å². The number of allylic oxidation sites excluding steroid dienone is 1. The highest BCUT2D eigenvalue weighted by atomic mass is 16.7. The molecule has 0 radical (unpaired) electrons. The number of rotatable bonds is 4. The molecule has 2 heterocycles. The van der Waals surface area contributed by atoms with Crippen molar-refractivity contribution in [3.63, 3.8) is 0 Å². The molecule has 6 aliphatic rings. The summed E-state index contributed by atoms with van der Waals surface area (Å²) < 4.78 is 23.2. The van der Waals surface area contributed by atoms with E-state index >= 15 is 0 Å². The predicted octanol–water partition coefficient (Wildman–Crippen LogP) is 4.20. The number of carbonyl (C=O) groups is 1. The fraction of sp³-hybridized carbons (Fsp3) is 0.833. The summed E-state index contributed by atoms with van der Waals surface area (Å²) in [4.78, 5) is 11.8. The lowest BCUT2D eigenvalue weighted by molar-refractivity contribution is -0.268. The van der Waals surface area contributed by atoms with Crippen LogP contribution in [0, 0.1) is 22.7 Å². The lowest BCUT2D eigenvalue weighted by Crippen LogP contribution is -2.54. The monoisotopic (exact) mass is 516 g/mol. The molecule has 4 aliphatic carbocycles. The van der Waals surface area contributed by atoms with Gasteiger partial charge in [0.25, 0.3) is 0 Å². The molecule has 10 atom stereocenters. The highest BCUT2D eigenvalue weighted by Gasteiger charge is 2.63. The Morgan fingerprint density at radius 2 is 1.86 bits per heavy atom. The van der Waals surface area contributed by atoms with Crippen LogP contribution >= 0.6 is 0 Å². The molecule has 206 valence electrons. The number of aliphatic hydroxyl groups excluding tert-OH is 1. The summed E-state index contributed by atoms with van der Waals surface area (Å²) in [5.74, 6) is 0.502. The minimum atomic E-state index is -0.791. The molecule has 2 N–H and O–H groups in total. The van der Waals surface area contributed by atoms with E-state index in [2.05, 4.69) is 13.8 Å². The number of hydrogen-bond acceptors (Lipinski definition) is 7. The van der Waals surface area contributed by atoms with Crippen LogP contribution in [-0.4, -0.2) is 66.2 Å². The van der Waals surface area contributed by atoms with Gasteiger partial charge < -0.3 is 29.2 Å². The summed E-state index contributed by atoms with van der Waals surface area (Å²) in [6.07, 6.45) is 9.57. The molecule has 0 spiro atoms. The van der Waals surface area contributed by atoms with Crippen LogP contribution in [0.25, 0.3) is 0 Å². The van der Waals surface area contributed by atoms with E-state index in [1.165, 1.54) is 11.1 Å². The number of esters is 1. The van der Waals surface area contributed by atoms with Gasteiger partial charge in [0.05, 0.1) is 23.9 Å². The first-order valence-electron chi connectivity index (χ1n) is 14.4. The zero-order chi connectivity index (χ0) is 26.2. The molecule has 0 aromatic heterocycles. The third kappa shape index (κ3) is 3.90. The van der Waals surface area contributed by atoms with Gasteiger partial charge >= 0.3 is 5.97 Å². The summed E-state index contributed by atoms with van der Waals surface area (Å²) in [5, 5.41) is 22.6. The van der Waals surface area contributed by atoms with Crippen molar-refractivity contribution in [3.05, 3.63) is 22.8 Å². The second-order valence-electron chi connectivity index (χ2n) is 13.1. The van der Waals surface area contributed by atoms with Gasteiger partial charge in [-0.1, -0.05) is 19.4 Å². The van der Waals surface area contributed by atoms with Gasteiger partial charge in [-0.15, -0.1) is 0 Å². The number of ether oxygens (including phenoxy) is 4. The largest absolute Gasteiger partial charge is 0.458 e. The minimum absolute atomic E-state index is 0.0975. The molecule has 7 nitrogen and oxygen atoms in total. The lowest BCUT2D eigenvalue weighted by Gasteiger charge is -2.57. The van der Waals surface area contributed by atoms with Crippen LogP contribution in [0.2, 0.25) is 0 Å². The van der Waals surface area contributed by atoms with E-state index in [0.717, 1.165) is 63.4 Å². The quantitative estimate of drug-likeness (QED) is 0.427. The summed E-state index contributed by atoms with van der Waals surface area (Å²) in [5.41, 5.74) is 2.97. The molecular weight excluding hydrogens is 472 g/mol.